The van der Waals surface area contributed by atoms with Gasteiger partial charge in [-0.25, -0.2) is 4.98 Å². The average molecular weight is 687 g/mol. The van der Waals surface area contributed by atoms with Crippen LogP contribution in [0.1, 0.15) is 26.3 Å². The minimum atomic E-state index is -0.0775. The van der Waals surface area contributed by atoms with Gasteiger partial charge in [0.25, 0.3) is 6.71 Å². The van der Waals surface area contributed by atoms with Crippen LogP contribution < -0.4 is 26.2 Å². The molecule has 4 nitrogen and oxygen atoms in total. The van der Waals surface area contributed by atoms with Gasteiger partial charge in [-0.1, -0.05) is 93.6 Å². The molecule has 248 valence electrons. The summed E-state index contributed by atoms with van der Waals surface area (Å²) in [5.74, 6) is 0. The van der Waals surface area contributed by atoms with Crippen LogP contribution >= 0.6 is 11.3 Å². The summed E-state index contributed by atoms with van der Waals surface area (Å²) in [6.07, 6.45) is 1.88. The Morgan fingerprint density at radius 3 is 1.73 bits per heavy atom. The van der Waals surface area contributed by atoms with Crippen molar-refractivity contribution in [1.29, 1.82) is 0 Å². The predicted molar refractivity (Wildman–Crippen MR) is 221 cm³/mol. The molecule has 0 saturated heterocycles. The molecule has 10 rings (SSSR count). The highest BCUT2D eigenvalue weighted by molar-refractivity contribution is 7.21. The molecular formula is C46H35BN4S. The van der Waals surface area contributed by atoms with Gasteiger partial charge in [0, 0.05) is 45.9 Å². The van der Waals surface area contributed by atoms with Gasteiger partial charge in [-0.05, 0) is 112 Å². The van der Waals surface area contributed by atoms with E-state index in [2.05, 4.69) is 176 Å². The van der Waals surface area contributed by atoms with Gasteiger partial charge in [-0.3, -0.25) is 4.98 Å². The lowest BCUT2D eigenvalue weighted by atomic mass is 9.33. The molecular weight excluding hydrogens is 651 g/mol. The zero-order chi connectivity index (χ0) is 35.0. The Bertz CT molecular complexity index is 2580. The largest absolute Gasteiger partial charge is 0.311 e. The van der Waals surface area contributed by atoms with Crippen molar-refractivity contribution >= 4 is 78.8 Å². The highest BCUT2D eigenvalue weighted by atomic mass is 32.1. The van der Waals surface area contributed by atoms with E-state index in [0.717, 1.165) is 38.7 Å². The Hall–Kier alpha value is -5.98. The molecule has 0 saturated carbocycles. The maximum atomic E-state index is 5.11. The fraction of sp³-hybridized carbons (Fsp3) is 0.0870. The first kappa shape index (κ1) is 30.8. The lowest BCUT2D eigenvalue weighted by Crippen LogP contribution is -2.61. The first-order valence-electron chi connectivity index (χ1n) is 17.9. The van der Waals surface area contributed by atoms with Crippen LogP contribution in [0, 0.1) is 0 Å². The molecule has 4 heterocycles. The Morgan fingerprint density at radius 1 is 0.558 bits per heavy atom. The Balaban J connectivity index is 1.31. The third-order valence-corrected chi connectivity index (χ3v) is 11.5. The number of nitrogens with zero attached hydrogens (tertiary/aromatic N) is 4. The normalized spacial score (nSPS) is 13.2. The second kappa shape index (κ2) is 11.8. The molecule has 0 N–H and O–H groups in total. The molecule has 8 aromatic rings. The van der Waals surface area contributed by atoms with Crippen molar-refractivity contribution in [3.63, 3.8) is 0 Å². The zero-order valence-corrected chi connectivity index (χ0v) is 30.1. The van der Waals surface area contributed by atoms with Crippen LogP contribution in [0.25, 0.3) is 32.0 Å². The van der Waals surface area contributed by atoms with E-state index in [1.807, 2.05) is 12.3 Å². The van der Waals surface area contributed by atoms with E-state index in [1.165, 1.54) is 49.4 Å². The van der Waals surface area contributed by atoms with Gasteiger partial charge in [0.05, 0.1) is 15.9 Å². The SMILES string of the molecule is CC(C)(C)c1cc2c3c(c1)N(c1ccccc1)c1ccc(-c4nc5ccccc5s4)cc1B3c1cc(-c3ccccn3)ccc1N2c1ccccc1. The maximum Gasteiger partial charge on any atom is 0.252 e. The monoisotopic (exact) mass is 686 g/mol. The fourth-order valence-corrected chi connectivity index (χ4v) is 8.93. The van der Waals surface area contributed by atoms with Crippen molar-refractivity contribution in [2.24, 2.45) is 0 Å². The first-order valence-corrected chi connectivity index (χ1v) is 18.7. The molecule has 6 aromatic carbocycles. The van der Waals surface area contributed by atoms with Crippen molar-refractivity contribution in [3.8, 4) is 21.8 Å². The summed E-state index contributed by atoms with van der Waals surface area (Å²) in [4.78, 5) is 14.9. The lowest BCUT2D eigenvalue weighted by Gasteiger charge is -2.45. The molecule has 0 radical (unpaired) electrons. The Kier molecular flexibility index (Phi) is 6.99. The lowest BCUT2D eigenvalue weighted by molar-refractivity contribution is 0.590. The van der Waals surface area contributed by atoms with E-state index >= 15 is 0 Å². The van der Waals surface area contributed by atoms with Gasteiger partial charge in [0.15, 0.2) is 0 Å². The van der Waals surface area contributed by atoms with E-state index in [1.54, 1.807) is 11.3 Å². The zero-order valence-electron chi connectivity index (χ0n) is 29.3. The summed E-state index contributed by atoms with van der Waals surface area (Å²) in [5.41, 5.74) is 16.4. The number of para-hydroxylation sites is 3. The molecule has 0 bridgehead atoms. The molecule has 0 unspecified atom stereocenters. The van der Waals surface area contributed by atoms with Gasteiger partial charge in [-0.2, -0.15) is 0 Å². The van der Waals surface area contributed by atoms with Crippen molar-refractivity contribution < 1.29 is 0 Å². The highest BCUT2D eigenvalue weighted by Gasteiger charge is 2.44. The van der Waals surface area contributed by atoms with E-state index < -0.39 is 0 Å². The van der Waals surface area contributed by atoms with Crippen molar-refractivity contribution in [2.45, 2.75) is 26.2 Å². The van der Waals surface area contributed by atoms with E-state index in [4.69, 9.17) is 9.97 Å². The molecule has 2 aliphatic heterocycles. The van der Waals surface area contributed by atoms with Gasteiger partial charge < -0.3 is 9.80 Å². The summed E-state index contributed by atoms with van der Waals surface area (Å²) in [5, 5.41) is 1.04. The molecule has 0 spiro atoms. The number of benzene rings is 6. The second-order valence-corrected chi connectivity index (χ2v) is 15.7. The number of hydrogen-bond acceptors (Lipinski definition) is 5. The van der Waals surface area contributed by atoms with Crippen molar-refractivity contribution in [3.05, 3.63) is 163 Å². The summed E-state index contributed by atoms with van der Waals surface area (Å²) < 4.78 is 1.20. The van der Waals surface area contributed by atoms with Crippen molar-refractivity contribution in [2.75, 3.05) is 9.80 Å². The molecule has 2 aliphatic rings. The number of hydrogen-bond donors (Lipinski definition) is 0. The van der Waals surface area contributed by atoms with Crippen LogP contribution in [0.3, 0.4) is 0 Å². The summed E-state index contributed by atoms with van der Waals surface area (Å²) in [6.45, 7) is 6.92. The van der Waals surface area contributed by atoms with Gasteiger partial charge in [0.1, 0.15) is 5.01 Å². The number of thiazole rings is 1. The van der Waals surface area contributed by atoms with Crippen molar-refractivity contribution in [1.82, 2.24) is 9.97 Å². The molecule has 0 fully saturated rings. The van der Waals surface area contributed by atoms with Crippen LogP contribution in [0.5, 0.6) is 0 Å². The van der Waals surface area contributed by atoms with Gasteiger partial charge in [-0.15, -0.1) is 11.3 Å². The van der Waals surface area contributed by atoms with Gasteiger partial charge in [0.2, 0.25) is 0 Å². The van der Waals surface area contributed by atoms with Crippen LogP contribution in [-0.2, 0) is 5.41 Å². The van der Waals surface area contributed by atoms with Crippen LogP contribution in [-0.4, -0.2) is 16.7 Å². The summed E-state index contributed by atoms with van der Waals surface area (Å²) >= 11 is 1.76. The maximum absolute atomic E-state index is 5.11. The van der Waals surface area contributed by atoms with E-state index in [0.29, 0.717) is 0 Å². The number of fused-ring (bicyclic) bond motifs is 5. The molecule has 0 atom stereocenters. The molecule has 52 heavy (non-hydrogen) atoms. The quantitative estimate of drug-likeness (QED) is 0.173. The first-order chi connectivity index (χ1) is 25.4. The number of rotatable bonds is 4. The van der Waals surface area contributed by atoms with Crippen LogP contribution in [0.15, 0.2) is 158 Å². The fourth-order valence-electron chi connectivity index (χ4n) is 7.97. The average Bonchev–Trinajstić information content (AvgIpc) is 3.62. The highest BCUT2D eigenvalue weighted by Crippen LogP contribution is 2.46. The minimum Gasteiger partial charge on any atom is -0.311 e. The smallest absolute Gasteiger partial charge is 0.252 e. The third-order valence-electron chi connectivity index (χ3n) is 10.5. The standard InChI is InChI=1S/C46H35BN4S/c1-46(2,3)32-28-41-44-42(29-32)51(34-16-8-5-9-17-34)40-24-22-31(45-49-38-19-10-11-20-43(38)52-45)27-36(40)47(44)35-26-30(37-18-12-13-25-48-37)21-23-39(35)50(41)33-14-6-4-7-15-33/h4-29H,1-3H3. The summed E-state index contributed by atoms with van der Waals surface area (Å²) in [7, 11) is 0. The number of anilines is 6. The molecule has 6 heteroatoms. The second-order valence-electron chi connectivity index (χ2n) is 14.7. The molecule has 2 aromatic heterocycles. The Labute approximate surface area is 308 Å². The molecule has 0 aliphatic carbocycles. The van der Waals surface area contributed by atoms with Crippen LogP contribution in [0.4, 0.5) is 34.1 Å². The summed E-state index contributed by atoms with van der Waals surface area (Å²) in [6, 6.07) is 55.0. The Morgan fingerprint density at radius 2 is 1.13 bits per heavy atom. The number of aromatic nitrogens is 2. The van der Waals surface area contributed by atoms with E-state index in [9.17, 15) is 0 Å². The predicted octanol–water partition coefficient (Wildman–Crippen LogP) is 10.4. The molecule has 0 amide bonds. The van der Waals surface area contributed by atoms with E-state index in [-0.39, 0.29) is 12.1 Å². The topological polar surface area (TPSA) is 32.3 Å². The van der Waals surface area contributed by atoms with Crippen LogP contribution in [0.2, 0.25) is 0 Å². The number of pyridine rings is 1. The third kappa shape index (κ3) is 4.90. The van der Waals surface area contributed by atoms with Gasteiger partial charge >= 0.3 is 0 Å². The minimum absolute atomic E-state index is 0.0260.